The maximum atomic E-state index is 12.8. The first-order valence-electron chi connectivity index (χ1n) is 11.8. The van der Waals surface area contributed by atoms with Crippen molar-refractivity contribution in [3.63, 3.8) is 0 Å². The van der Waals surface area contributed by atoms with Crippen molar-refractivity contribution >= 4 is 16.9 Å². The fourth-order valence-electron chi connectivity index (χ4n) is 4.76. The molecule has 5 heteroatoms. The highest BCUT2D eigenvalue weighted by Crippen LogP contribution is 2.31. The standard InChI is InChI=1S/C29H29N3O2/c1-2-10-23-13-6-9-16-27(23)34-18-17-32-26-15-8-7-14-25(26)30-29(32)24-19-28(33)31(21-24)20-22-11-4-3-5-12-22/h2-9,11-16,24H,1,10,17-21H2/t24-/m0/s1. The molecule has 1 fully saturated rings. The van der Waals surface area contributed by atoms with E-state index in [1.54, 1.807) is 0 Å². The van der Waals surface area contributed by atoms with Crippen LogP contribution in [-0.4, -0.2) is 33.5 Å². The Morgan fingerprint density at radius 3 is 2.62 bits per heavy atom. The molecule has 5 nitrogen and oxygen atoms in total. The predicted molar refractivity (Wildman–Crippen MR) is 135 cm³/mol. The minimum atomic E-state index is 0.0664. The summed E-state index contributed by atoms with van der Waals surface area (Å²) in [7, 11) is 0. The number of hydrogen-bond donors (Lipinski definition) is 0. The van der Waals surface area contributed by atoms with Crippen LogP contribution >= 0.6 is 0 Å². The van der Waals surface area contributed by atoms with Crippen LogP contribution in [0.15, 0.2) is 91.5 Å². The lowest BCUT2D eigenvalue weighted by atomic mass is 10.1. The van der Waals surface area contributed by atoms with Crippen LogP contribution in [0.1, 0.15) is 29.3 Å². The number of allylic oxidation sites excluding steroid dienone is 1. The molecule has 1 saturated heterocycles. The molecule has 1 aliphatic rings. The van der Waals surface area contributed by atoms with Crippen molar-refractivity contribution in [3.8, 4) is 5.75 Å². The SMILES string of the molecule is C=CCc1ccccc1OCCn1c([C@H]2CC(=O)N(Cc3ccccc3)C2)nc2ccccc21. The summed E-state index contributed by atoms with van der Waals surface area (Å²) < 4.78 is 8.41. The number of aromatic nitrogens is 2. The number of carbonyl (C=O) groups is 1. The van der Waals surface area contributed by atoms with Gasteiger partial charge in [0.05, 0.1) is 17.6 Å². The van der Waals surface area contributed by atoms with Gasteiger partial charge in [-0.2, -0.15) is 0 Å². The van der Waals surface area contributed by atoms with Crippen LogP contribution in [0.5, 0.6) is 5.75 Å². The fourth-order valence-corrected chi connectivity index (χ4v) is 4.76. The molecule has 1 atom stereocenters. The first kappa shape index (κ1) is 22.0. The molecular weight excluding hydrogens is 422 g/mol. The van der Waals surface area contributed by atoms with Gasteiger partial charge in [-0.15, -0.1) is 6.58 Å². The van der Waals surface area contributed by atoms with E-state index < -0.39 is 0 Å². The van der Waals surface area contributed by atoms with Crippen molar-refractivity contribution in [1.82, 2.24) is 14.5 Å². The second-order valence-electron chi connectivity index (χ2n) is 8.72. The molecule has 0 N–H and O–H groups in total. The van der Waals surface area contributed by atoms with Gasteiger partial charge in [-0.3, -0.25) is 4.79 Å². The van der Waals surface area contributed by atoms with E-state index in [9.17, 15) is 4.79 Å². The highest BCUT2D eigenvalue weighted by atomic mass is 16.5. The average Bonchev–Trinajstić information content (AvgIpc) is 3.41. The molecule has 0 spiro atoms. The Bertz CT molecular complexity index is 1300. The monoisotopic (exact) mass is 451 g/mol. The van der Waals surface area contributed by atoms with Gasteiger partial charge in [-0.1, -0.05) is 66.7 Å². The number of amides is 1. The van der Waals surface area contributed by atoms with Gasteiger partial charge in [0.1, 0.15) is 18.2 Å². The average molecular weight is 452 g/mol. The van der Waals surface area contributed by atoms with Gasteiger partial charge in [0.25, 0.3) is 0 Å². The molecule has 34 heavy (non-hydrogen) atoms. The second kappa shape index (κ2) is 9.96. The van der Waals surface area contributed by atoms with Crippen molar-refractivity contribution in [3.05, 3.63) is 108 Å². The molecule has 0 bridgehead atoms. The van der Waals surface area contributed by atoms with Gasteiger partial charge in [-0.05, 0) is 35.7 Å². The van der Waals surface area contributed by atoms with E-state index in [1.807, 2.05) is 65.6 Å². The van der Waals surface area contributed by atoms with Gasteiger partial charge in [-0.25, -0.2) is 4.98 Å². The number of benzene rings is 3. The zero-order chi connectivity index (χ0) is 23.3. The fraction of sp³-hybridized carbons (Fsp3) is 0.241. The normalized spacial score (nSPS) is 15.7. The Hall–Kier alpha value is -3.86. The van der Waals surface area contributed by atoms with Crippen molar-refractivity contribution < 1.29 is 9.53 Å². The minimum Gasteiger partial charge on any atom is -0.491 e. The summed E-state index contributed by atoms with van der Waals surface area (Å²) in [5.41, 5.74) is 4.32. The van der Waals surface area contributed by atoms with Gasteiger partial charge in [0.15, 0.2) is 0 Å². The molecule has 3 aromatic carbocycles. The van der Waals surface area contributed by atoms with Crippen LogP contribution in [0.4, 0.5) is 0 Å². The molecule has 0 aliphatic carbocycles. The zero-order valence-corrected chi connectivity index (χ0v) is 19.3. The van der Waals surface area contributed by atoms with Crippen LogP contribution in [-0.2, 0) is 24.3 Å². The van der Waals surface area contributed by atoms with Crippen LogP contribution in [0.2, 0.25) is 0 Å². The summed E-state index contributed by atoms with van der Waals surface area (Å²) in [6.07, 6.45) is 3.15. The van der Waals surface area contributed by atoms with Crippen LogP contribution in [0.3, 0.4) is 0 Å². The van der Waals surface area contributed by atoms with Crippen molar-refractivity contribution in [2.75, 3.05) is 13.2 Å². The Kier molecular flexibility index (Phi) is 6.43. The Morgan fingerprint density at radius 1 is 1.00 bits per heavy atom. The van der Waals surface area contributed by atoms with E-state index in [4.69, 9.17) is 9.72 Å². The van der Waals surface area contributed by atoms with Gasteiger partial charge in [0.2, 0.25) is 5.91 Å². The molecule has 1 amide bonds. The third kappa shape index (κ3) is 4.60. The minimum absolute atomic E-state index is 0.0664. The molecule has 0 radical (unpaired) electrons. The highest BCUT2D eigenvalue weighted by Gasteiger charge is 2.34. The molecule has 1 aromatic heterocycles. The molecule has 0 unspecified atom stereocenters. The Labute approximate surface area is 200 Å². The molecule has 4 aromatic rings. The number of nitrogens with zero attached hydrogens (tertiary/aromatic N) is 3. The van der Waals surface area contributed by atoms with Crippen molar-refractivity contribution in [2.24, 2.45) is 0 Å². The Balaban J connectivity index is 1.35. The van der Waals surface area contributed by atoms with E-state index in [0.29, 0.717) is 32.7 Å². The van der Waals surface area contributed by atoms with Crippen LogP contribution in [0.25, 0.3) is 11.0 Å². The van der Waals surface area contributed by atoms with Crippen molar-refractivity contribution in [1.29, 1.82) is 0 Å². The summed E-state index contributed by atoms with van der Waals surface area (Å²) in [5.74, 6) is 2.10. The first-order chi connectivity index (χ1) is 16.7. The van der Waals surface area contributed by atoms with E-state index in [2.05, 4.69) is 35.4 Å². The Morgan fingerprint density at radius 2 is 1.76 bits per heavy atom. The summed E-state index contributed by atoms with van der Waals surface area (Å²) in [6.45, 7) is 6.36. The number of para-hydroxylation sites is 3. The summed E-state index contributed by atoms with van der Waals surface area (Å²) in [6, 6.07) is 26.4. The summed E-state index contributed by atoms with van der Waals surface area (Å²) in [4.78, 5) is 19.8. The third-order valence-corrected chi connectivity index (χ3v) is 6.39. The molecule has 0 saturated carbocycles. The molecular formula is C29H29N3O2. The largest absolute Gasteiger partial charge is 0.491 e. The lowest BCUT2D eigenvalue weighted by molar-refractivity contribution is -0.128. The number of carbonyl (C=O) groups excluding carboxylic acids is 1. The third-order valence-electron chi connectivity index (χ3n) is 6.39. The number of ether oxygens (including phenoxy) is 1. The topological polar surface area (TPSA) is 47.4 Å². The zero-order valence-electron chi connectivity index (χ0n) is 19.3. The molecule has 5 rings (SSSR count). The lowest BCUT2D eigenvalue weighted by Crippen LogP contribution is -2.24. The van der Waals surface area contributed by atoms with Crippen molar-refractivity contribution in [2.45, 2.75) is 31.8 Å². The van der Waals surface area contributed by atoms with E-state index in [1.165, 1.54) is 0 Å². The maximum absolute atomic E-state index is 12.8. The maximum Gasteiger partial charge on any atom is 0.223 e. The van der Waals surface area contributed by atoms with Crippen LogP contribution in [0, 0.1) is 0 Å². The summed E-state index contributed by atoms with van der Waals surface area (Å²) in [5, 5.41) is 0. The smallest absolute Gasteiger partial charge is 0.223 e. The number of rotatable bonds is 9. The highest BCUT2D eigenvalue weighted by molar-refractivity contribution is 5.81. The van der Waals surface area contributed by atoms with E-state index in [-0.39, 0.29) is 11.8 Å². The second-order valence-corrected chi connectivity index (χ2v) is 8.72. The number of imidazole rings is 1. The van der Waals surface area contributed by atoms with Gasteiger partial charge < -0.3 is 14.2 Å². The number of likely N-dealkylation sites (tertiary alicyclic amines) is 1. The predicted octanol–water partition coefficient (Wildman–Crippen LogP) is 5.36. The molecule has 1 aliphatic heterocycles. The first-order valence-corrected chi connectivity index (χ1v) is 11.8. The van der Waals surface area contributed by atoms with Crippen LogP contribution < -0.4 is 4.74 Å². The lowest BCUT2D eigenvalue weighted by Gasteiger charge is -2.18. The van der Waals surface area contributed by atoms with E-state index in [0.717, 1.165) is 40.2 Å². The quantitative estimate of drug-likeness (QED) is 0.322. The van der Waals surface area contributed by atoms with Gasteiger partial charge in [0, 0.05) is 25.4 Å². The van der Waals surface area contributed by atoms with E-state index >= 15 is 0 Å². The molecule has 172 valence electrons. The number of fused-ring (bicyclic) bond motifs is 1. The summed E-state index contributed by atoms with van der Waals surface area (Å²) >= 11 is 0. The molecule has 2 heterocycles. The number of hydrogen-bond acceptors (Lipinski definition) is 3. The van der Waals surface area contributed by atoms with Gasteiger partial charge >= 0.3 is 0 Å².